The number of aromatic nitrogens is 1. The quantitative estimate of drug-likeness (QED) is 0.652. The Hall–Kier alpha value is -1.13. The lowest BCUT2D eigenvalue weighted by Gasteiger charge is -2.38. The largest absolute Gasteiger partial charge is 0.387 e. The lowest BCUT2D eigenvalue weighted by atomic mass is 9.79. The number of hydrogen-bond donors (Lipinski definition) is 2. The second kappa shape index (κ2) is 5.24. The molecule has 2 rings (SSSR count). The summed E-state index contributed by atoms with van der Waals surface area (Å²) in [5.74, 6) is 0.309. The monoisotopic (exact) mass is 266 g/mol. The second-order valence-electron chi connectivity index (χ2n) is 5.22. The lowest BCUT2D eigenvalue weighted by molar-refractivity contribution is 0.156. The van der Waals surface area contributed by atoms with E-state index in [4.69, 9.17) is 22.7 Å². The minimum atomic E-state index is -0.126. The predicted octanol–water partition coefficient (Wildman–Crippen LogP) is 2.27. The third-order valence-corrected chi connectivity index (χ3v) is 4.20. The predicted molar refractivity (Wildman–Crippen MR) is 73.8 cm³/mol. The van der Waals surface area contributed by atoms with Crippen molar-refractivity contribution in [1.29, 1.82) is 5.41 Å². The van der Waals surface area contributed by atoms with Crippen LogP contribution in [0.1, 0.15) is 25.3 Å². The van der Waals surface area contributed by atoms with Crippen molar-refractivity contribution in [2.75, 3.05) is 13.1 Å². The van der Waals surface area contributed by atoms with Crippen LogP contribution in [0.2, 0.25) is 5.02 Å². The minimum Gasteiger partial charge on any atom is -0.387 e. The highest BCUT2D eigenvalue weighted by molar-refractivity contribution is 6.31. The van der Waals surface area contributed by atoms with Crippen molar-refractivity contribution in [2.24, 2.45) is 11.1 Å². The van der Waals surface area contributed by atoms with Gasteiger partial charge in [0.25, 0.3) is 0 Å². The molecule has 18 heavy (non-hydrogen) atoms. The first-order chi connectivity index (χ1) is 8.51. The zero-order valence-corrected chi connectivity index (χ0v) is 11.4. The van der Waals surface area contributed by atoms with Gasteiger partial charge in [0.05, 0.1) is 10.9 Å². The maximum Gasteiger partial charge on any atom is 0.0966 e. The molecule has 1 fully saturated rings. The number of rotatable bonds is 3. The first-order valence-corrected chi connectivity index (χ1v) is 6.54. The summed E-state index contributed by atoms with van der Waals surface area (Å²) in [6, 6.07) is 1.96. The van der Waals surface area contributed by atoms with Crippen LogP contribution in [0.25, 0.3) is 0 Å². The highest BCUT2D eigenvalue weighted by Crippen LogP contribution is 2.31. The van der Waals surface area contributed by atoms with Gasteiger partial charge in [0.1, 0.15) is 0 Å². The van der Waals surface area contributed by atoms with E-state index in [-0.39, 0.29) is 5.41 Å². The van der Waals surface area contributed by atoms with Crippen LogP contribution < -0.4 is 5.73 Å². The van der Waals surface area contributed by atoms with Crippen LogP contribution in [0.5, 0.6) is 0 Å². The Balaban J connectivity index is 1.95. The van der Waals surface area contributed by atoms with Gasteiger partial charge in [-0.2, -0.15) is 0 Å². The topological polar surface area (TPSA) is 66.0 Å². The van der Waals surface area contributed by atoms with Crippen LogP contribution in [0.15, 0.2) is 18.5 Å². The lowest BCUT2D eigenvalue weighted by Crippen LogP contribution is -2.44. The van der Waals surface area contributed by atoms with Crippen molar-refractivity contribution in [3.63, 3.8) is 0 Å². The molecule has 4 nitrogen and oxygen atoms in total. The smallest absolute Gasteiger partial charge is 0.0966 e. The van der Waals surface area contributed by atoms with E-state index >= 15 is 0 Å². The summed E-state index contributed by atoms with van der Waals surface area (Å²) < 4.78 is 0. The van der Waals surface area contributed by atoms with Crippen molar-refractivity contribution in [2.45, 2.75) is 26.3 Å². The van der Waals surface area contributed by atoms with Gasteiger partial charge in [-0.25, -0.2) is 0 Å². The minimum absolute atomic E-state index is 0.126. The Morgan fingerprint density at radius 3 is 2.78 bits per heavy atom. The average Bonchev–Trinajstić information content (AvgIpc) is 2.35. The Morgan fingerprint density at radius 2 is 2.22 bits per heavy atom. The van der Waals surface area contributed by atoms with Crippen molar-refractivity contribution in [1.82, 2.24) is 9.88 Å². The number of piperidine rings is 1. The number of nitrogens with two attached hydrogens (primary N) is 1. The van der Waals surface area contributed by atoms with Gasteiger partial charge in [-0.15, -0.1) is 0 Å². The highest BCUT2D eigenvalue weighted by Gasteiger charge is 2.32. The number of nitrogens with one attached hydrogen (secondary N) is 1. The number of pyridine rings is 1. The molecule has 2 heterocycles. The van der Waals surface area contributed by atoms with E-state index in [0.717, 1.165) is 43.1 Å². The Kier molecular flexibility index (Phi) is 3.88. The number of halogens is 1. The number of nitrogens with zero attached hydrogens (tertiary/aromatic N) is 2. The van der Waals surface area contributed by atoms with Crippen LogP contribution >= 0.6 is 11.6 Å². The molecule has 0 atom stereocenters. The van der Waals surface area contributed by atoms with Crippen molar-refractivity contribution >= 4 is 17.4 Å². The normalized spacial score (nSPS) is 19.7. The summed E-state index contributed by atoms with van der Waals surface area (Å²) in [5, 5.41) is 8.36. The van der Waals surface area contributed by atoms with E-state index in [1.54, 1.807) is 12.4 Å². The van der Waals surface area contributed by atoms with Crippen LogP contribution in [-0.4, -0.2) is 28.8 Å². The fourth-order valence-corrected chi connectivity index (χ4v) is 2.43. The molecule has 0 aromatic carbocycles. The van der Waals surface area contributed by atoms with Crippen LogP contribution in [0, 0.1) is 10.8 Å². The van der Waals surface area contributed by atoms with Gasteiger partial charge in [-0.3, -0.25) is 15.3 Å². The summed E-state index contributed by atoms with van der Waals surface area (Å²) in [4.78, 5) is 6.34. The summed E-state index contributed by atoms with van der Waals surface area (Å²) >= 11 is 6.11. The fraction of sp³-hybridized carbons (Fsp3) is 0.538. The number of amidine groups is 1. The first-order valence-electron chi connectivity index (χ1n) is 6.16. The Labute approximate surface area is 113 Å². The molecule has 0 bridgehead atoms. The van der Waals surface area contributed by atoms with E-state index in [2.05, 4.69) is 16.8 Å². The summed E-state index contributed by atoms with van der Waals surface area (Å²) in [6.07, 6.45) is 5.32. The molecule has 0 spiro atoms. The molecular weight excluding hydrogens is 248 g/mol. The Bertz CT molecular complexity index is 438. The zero-order chi connectivity index (χ0) is 13.2. The summed E-state index contributed by atoms with van der Waals surface area (Å²) in [5.41, 5.74) is 6.64. The third-order valence-electron chi connectivity index (χ3n) is 3.86. The van der Waals surface area contributed by atoms with Crippen LogP contribution in [0.4, 0.5) is 0 Å². The highest BCUT2D eigenvalue weighted by atomic mass is 35.5. The SMILES string of the molecule is CC1(C(=N)N)CCN(Cc2ccncc2Cl)CC1. The molecule has 0 aliphatic carbocycles. The first kappa shape index (κ1) is 13.3. The molecule has 1 aliphatic heterocycles. The van der Waals surface area contributed by atoms with Gasteiger partial charge >= 0.3 is 0 Å². The van der Waals surface area contributed by atoms with Gasteiger partial charge in [0.2, 0.25) is 0 Å². The Morgan fingerprint density at radius 1 is 1.56 bits per heavy atom. The maximum absolute atomic E-state index is 7.64. The summed E-state index contributed by atoms with van der Waals surface area (Å²) in [6.45, 7) is 4.82. The van der Waals surface area contributed by atoms with Gasteiger partial charge < -0.3 is 5.73 Å². The fourth-order valence-electron chi connectivity index (χ4n) is 2.25. The van der Waals surface area contributed by atoms with Crippen molar-refractivity contribution < 1.29 is 0 Å². The van der Waals surface area contributed by atoms with Crippen molar-refractivity contribution in [3.05, 3.63) is 29.0 Å². The molecule has 0 amide bonds. The molecular formula is C13H19ClN4. The van der Waals surface area contributed by atoms with Crippen LogP contribution in [-0.2, 0) is 6.54 Å². The summed E-state index contributed by atoms with van der Waals surface area (Å²) in [7, 11) is 0. The van der Waals surface area contributed by atoms with Gasteiger partial charge in [-0.1, -0.05) is 18.5 Å². The molecule has 0 radical (unpaired) electrons. The molecule has 5 heteroatoms. The van der Waals surface area contributed by atoms with E-state index < -0.39 is 0 Å². The molecule has 0 saturated carbocycles. The van der Waals surface area contributed by atoms with Gasteiger partial charge in [0.15, 0.2) is 0 Å². The van der Waals surface area contributed by atoms with E-state index in [9.17, 15) is 0 Å². The number of likely N-dealkylation sites (tertiary alicyclic amines) is 1. The molecule has 0 unspecified atom stereocenters. The molecule has 1 saturated heterocycles. The molecule has 1 aromatic heterocycles. The molecule has 1 aliphatic rings. The molecule has 1 aromatic rings. The van der Waals surface area contributed by atoms with E-state index in [1.807, 2.05) is 6.07 Å². The maximum atomic E-state index is 7.64. The third kappa shape index (κ3) is 2.82. The standard InChI is InChI=1S/C13H19ClN4/c1-13(12(15)16)3-6-18(7-4-13)9-10-2-5-17-8-11(10)14/h2,5,8H,3-4,6-7,9H2,1H3,(H3,15,16). The van der Waals surface area contributed by atoms with Crippen molar-refractivity contribution in [3.8, 4) is 0 Å². The van der Waals surface area contributed by atoms with Crippen LogP contribution in [0.3, 0.4) is 0 Å². The van der Waals surface area contributed by atoms with Gasteiger partial charge in [-0.05, 0) is 37.6 Å². The van der Waals surface area contributed by atoms with E-state index in [1.165, 1.54) is 0 Å². The number of hydrogen-bond acceptors (Lipinski definition) is 3. The van der Waals surface area contributed by atoms with E-state index in [0.29, 0.717) is 5.84 Å². The molecule has 3 N–H and O–H groups in total. The second-order valence-corrected chi connectivity index (χ2v) is 5.62. The molecule has 98 valence electrons. The average molecular weight is 267 g/mol. The zero-order valence-electron chi connectivity index (χ0n) is 10.6. The van der Waals surface area contributed by atoms with Gasteiger partial charge in [0, 0.05) is 24.4 Å².